The number of nitrogens with zero attached hydrogens (tertiary/aromatic N) is 2. The molecule has 0 atom stereocenters. The molecule has 0 aliphatic heterocycles. The van der Waals surface area contributed by atoms with Crippen molar-refractivity contribution in [1.82, 2.24) is 10.2 Å². The predicted octanol–water partition coefficient (Wildman–Crippen LogP) is 1.93. The quantitative estimate of drug-likeness (QED) is 0.772. The topological polar surface area (TPSA) is 83.7 Å². The van der Waals surface area contributed by atoms with Crippen LogP contribution in [0.5, 0.6) is 11.5 Å². The highest BCUT2D eigenvalue weighted by Crippen LogP contribution is 2.32. The minimum Gasteiger partial charge on any atom is -0.497 e. The maximum Gasteiger partial charge on any atom is 0.396 e. The predicted molar refractivity (Wildman–Crippen MR) is 68.8 cm³/mol. The number of methoxy groups -OCH3 is 2. The average Bonchev–Trinajstić information content (AvgIpc) is 2.96. The number of ether oxygens (including phenoxy) is 3. The lowest BCUT2D eigenvalue weighted by molar-refractivity contribution is 0.0481. The monoisotopic (exact) mass is 278 g/mol. The van der Waals surface area contributed by atoms with E-state index < -0.39 is 5.97 Å². The van der Waals surface area contributed by atoms with E-state index in [0.717, 1.165) is 0 Å². The summed E-state index contributed by atoms with van der Waals surface area (Å²) in [4.78, 5) is 11.5. The highest BCUT2D eigenvalue weighted by Gasteiger charge is 2.19. The Morgan fingerprint density at radius 3 is 2.70 bits per heavy atom. The third-order valence-corrected chi connectivity index (χ3v) is 2.51. The minimum absolute atomic E-state index is 0.156. The van der Waals surface area contributed by atoms with E-state index in [1.165, 1.54) is 7.11 Å². The zero-order valence-electron chi connectivity index (χ0n) is 11.4. The van der Waals surface area contributed by atoms with E-state index in [1.807, 2.05) is 0 Å². The van der Waals surface area contributed by atoms with Crippen LogP contribution in [-0.4, -0.2) is 37.0 Å². The summed E-state index contributed by atoms with van der Waals surface area (Å²) in [7, 11) is 3.07. The Hall–Kier alpha value is -2.57. The summed E-state index contributed by atoms with van der Waals surface area (Å²) >= 11 is 0. The summed E-state index contributed by atoms with van der Waals surface area (Å²) in [6.07, 6.45) is 0. The molecule has 0 fully saturated rings. The molecular weight excluding hydrogens is 264 g/mol. The Kier molecular flexibility index (Phi) is 4.19. The van der Waals surface area contributed by atoms with Gasteiger partial charge in [0.15, 0.2) is 0 Å². The van der Waals surface area contributed by atoms with Crippen molar-refractivity contribution in [1.29, 1.82) is 0 Å². The van der Waals surface area contributed by atoms with Crippen LogP contribution in [0.15, 0.2) is 22.6 Å². The van der Waals surface area contributed by atoms with Crippen molar-refractivity contribution in [2.75, 3.05) is 20.8 Å². The van der Waals surface area contributed by atoms with E-state index in [0.29, 0.717) is 17.1 Å². The number of rotatable bonds is 5. The number of benzene rings is 1. The van der Waals surface area contributed by atoms with Crippen molar-refractivity contribution >= 4 is 5.97 Å². The normalized spacial score (nSPS) is 10.2. The molecule has 0 unspecified atom stereocenters. The van der Waals surface area contributed by atoms with Crippen LogP contribution >= 0.6 is 0 Å². The Balaban J connectivity index is 2.38. The molecule has 0 saturated carbocycles. The lowest BCUT2D eigenvalue weighted by Crippen LogP contribution is -2.04. The van der Waals surface area contributed by atoms with Crippen molar-refractivity contribution in [3.8, 4) is 23.0 Å². The summed E-state index contributed by atoms with van der Waals surface area (Å²) in [5, 5.41) is 7.48. The van der Waals surface area contributed by atoms with Gasteiger partial charge in [0.2, 0.25) is 0 Å². The Bertz CT molecular complexity index is 609. The number of hydrogen-bond donors (Lipinski definition) is 0. The van der Waals surface area contributed by atoms with Gasteiger partial charge in [0.1, 0.15) is 11.5 Å². The zero-order valence-corrected chi connectivity index (χ0v) is 11.4. The molecule has 0 bridgehead atoms. The second-order valence-electron chi connectivity index (χ2n) is 3.70. The average molecular weight is 278 g/mol. The van der Waals surface area contributed by atoms with Gasteiger partial charge >= 0.3 is 11.9 Å². The summed E-state index contributed by atoms with van der Waals surface area (Å²) in [5.74, 6) is 0.435. The maximum absolute atomic E-state index is 11.5. The van der Waals surface area contributed by atoms with E-state index in [1.54, 1.807) is 32.2 Å². The third kappa shape index (κ3) is 2.71. The van der Waals surface area contributed by atoms with Crippen LogP contribution in [0.4, 0.5) is 0 Å². The van der Waals surface area contributed by atoms with Crippen molar-refractivity contribution in [2.45, 2.75) is 6.92 Å². The molecular formula is C13H14N2O5. The summed E-state index contributed by atoms with van der Waals surface area (Å²) in [6, 6.07) is 5.13. The van der Waals surface area contributed by atoms with E-state index in [-0.39, 0.29) is 18.4 Å². The number of esters is 1. The molecule has 0 spiro atoms. The first-order valence-corrected chi connectivity index (χ1v) is 5.92. The molecule has 1 aromatic carbocycles. The van der Waals surface area contributed by atoms with Crippen molar-refractivity contribution in [2.24, 2.45) is 0 Å². The van der Waals surface area contributed by atoms with Crippen LogP contribution in [-0.2, 0) is 4.74 Å². The van der Waals surface area contributed by atoms with E-state index in [4.69, 9.17) is 18.6 Å². The number of carbonyl (C=O) groups excluding carboxylic acids is 1. The first-order chi connectivity index (χ1) is 9.69. The SMILES string of the molecule is CCOC(=O)c1nnc(-c2cc(OC)ccc2OC)o1. The lowest BCUT2D eigenvalue weighted by atomic mass is 10.2. The molecule has 1 aromatic heterocycles. The molecule has 7 nitrogen and oxygen atoms in total. The van der Waals surface area contributed by atoms with Gasteiger partial charge in [-0.15, -0.1) is 10.2 Å². The molecule has 1 heterocycles. The summed E-state index contributed by atoms with van der Waals surface area (Å²) in [6.45, 7) is 1.93. The first-order valence-electron chi connectivity index (χ1n) is 5.92. The lowest BCUT2D eigenvalue weighted by Gasteiger charge is -2.07. The van der Waals surface area contributed by atoms with Gasteiger partial charge in [0.25, 0.3) is 5.89 Å². The number of hydrogen-bond acceptors (Lipinski definition) is 7. The largest absolute Gasteiger partial charge is 0.497 e. The van der Waals surface area contributed by atoms with Gasteiger partial charge in [0, 0.05) is 0 Å². The zero-order chi connectivity index (χ0) is 14.5. The molecule has 0 amide bonds. The molecule has 106 valence electrons. The van der Waals surface area contributed by atoms with Gasteiger partial charge in [-0.25, -0.2) is 4.79 Å². The molecule has 0 aliphatic carbocycles. The van der Waals surface area contributed by atoms with Gasteiger partial charge in [-0.2, -0.15) is 0 Å². The van der Waals surface area contributed by atoms with Gasteiger partial charge in [-0.05, 0) is 25.1 Å². The fourth-order valence-corrected chi connectivity index (χ4v) is 1.59. The first kappa shape index (κ1) is 13.9. The van der Waals surface area contributed by atoms with Crippen LogP contribution in [0.1, 0.15) is 17.6 Å². The Morgan fingerprint density at radius 2 is 2.05 bits per heavy atom. The molecule has 0 saturated heterocycles. The van der Waals surface area contributed by atoms with Crippen molar-refractivity contribution in [3.63, 3.8) is 0 Å². The van der Waals surface area contributed by atoms with Gasteiger partial charge in [0.05, 0.1) is 26.4 Å². The molecule has 0 N–H and O–H groups in total. The summed E-state index contributed by atoms with van der Waals surface area (Å²) < 4.78 is 20.4. The van der Waals surface area contributed by atoms with Crippen LogP contribution in [0.3, 0.4) is 0 Å². The van der Waals surface area contributed by atoms with Crippen LogP contribution < -0.4 is 9.47 Å². The van der Waals surface area contributed by atoms with E-state index in [2.05, 4.69) is 10.2 Å². The molecule has 0 aliphatic rings. The maximum atomic E-state index is 11.5. The molecule has 0 radical (unpaired) electrons. The minimum atomic E-state index is -0.659. The second kappa shape index (κ2) is 6.05. The third-order valence-electron chi connectivity index (χ3n) is 2.51. The molecule has 2 rings (SSSR count). The smallest absolute Gasteiger partial charge is 0.396 e. The molecule has 2 aromatic rings. The fourth-order valence-electron chi connectivity index (χ4n) is 1.59. The standard InChI is InChI=1S/C13H14N2O5/c1-4-19-13(16)12-15-14-11(20-12)9-7-8(17-2)5-6-10(9)18-3/h5-7H,4H2,1-3H3. The van der Waals surface area contributed by atoms with Gasteiger partial charge < -0.3 is 18.6 Å². The highest BCUT2D eigenvalue weighted by atomic mass is 16.5. The molecule has 20 heavy (non-hydrogen) atoms. The Labute approximate surface area is 115 Å². The summed E-state index contributed by atoms with van der Waals surface area (Å²) in [5.41, 5.74) is 0.537. The van der Waals surface area contributed by atoms with Gasteiger partial charge in [-0.1, -0.05) is 0 Å². The molecule has 7 heteroatoms. The number of carbonyl (C=O) groups is 1. The van der Waals surface area contributed by atoms with Crippen LogP contribution in [0, 0.1) is 0 Å². The fraction of sp³-hybridized carbons (Fsp3) is 0.308. The van der Waals surface area contributed by atoms with Crippen molar-refractivity contribution in [3.05, 3.63) is 24.1 Å². The van der Waals surface area contributed by atoms with E-state index in [9.17, 15) is 4.79 Å². The second-order valence-corrected chi connectivity index (χ2v) is 3.70. The van der Waals surface area contributed by atoms with Crippen LogP contribution in [0.25, 0.3) is 11.5 Å². The Morgan fingerprint density at radius 1 is 1.25 bits per heavy atom. The van der Waals surface area contributed by atoms with Crippen molar-refractivity contribution < 1.29 is 23.4 Å². The number of aromatic nitrogens is 2. The van der Waals surface area contributed by atoms with E-state index >= 15 is 0 Å². The van der Waals surface area contributed by atoms with Crippen LogP contribution in [0.2, 0.25) is 0 Å². The van der Waals surface area contributed by atoms with Gasteiger partial charge in [-0.3, -0.25) is 0 Å². The highest BCUT2D eigenvalue weighted by molar-refractivity contribution is 5.84.